The molecule has 2 N–H and O–H groups in total. The van der Waals surface area contributed by atoms with Crippen molar-refractivity contribution in [1.29, 1.82) is 0 Å². The highest BCUT2D eigenvalue weighted by Gasteiger charge is 2.05. The van der Waals surface area contributed by atoms with E-state index in [9.17, 15) is 10.2 Å². The van der Waals surface area contributed by atoms with Crippen LogP contribution in [0.5, 0.6) is 23.0 Å². The monoisotopic (exact) mass is 370 g/mol. The summed E-state index contributed by atoms with van der Waals surface area (Å²) in [4.78, 5) is 8.70. The fraction of sp³-hybridized carbons (Fsp3) is 0.333. The summed E-state index contributed by atoms with van der Waals surface area (Å²) in [6.07, 6.45) is 6.23. The minimum Gasteiger partial charge on any atom is -0.504 e. The Balaban J connectivity index is 1.68. The largest absolute Gasteiger partial charge is 0.504 e. The third-order valence-corrected chi connectivity index (χ3v) is 4.04. The number of phenols is 2. The summed E-state index contributed by atoms with van der Waals surface area (Å²) in [5, 5.41) is 20.0. The number of ether oxygens (including phenoxy) is 2. The van der Waals surface area contributed by atoms with Crippen molar-refractivity contribution in [3.8, 4) is 23.0 Å². The lowest BCUT2D eigenvalue weighted by Crippen LogP contribution is -1.91. The Bertz CT molecular complexity index is 722. The maximum Gasteiger partial charge on any atom is 0.166 e. The Hall–Kier alpha value is -3.02. The van der Waals surface area contributed by atoms with Crippen molar-refractivity contribution in [2.45, 2.75) is 19.3 Å². The topological polar surface area (TPSA) is 83.6 Å². The number of hydrogen-bond acceptors (Lipinski definition) is 6. The van der Waals surface area contributed by atoms with Crippen molar-refractivity contribution in [2.75, 3.05) is 27.3 Å². The molecule has 6 nitrogen and oxygen atoms in total. The number of phenolic OH excluding ortho intramolecular Hbond substituents is 2. The first-order valence-electron chi connectivity index (χ1n) is 8.89. The van der Waals surface area contributed by atoms with Gasteiger partial charge in [0.1, 0.15) is 0 Å². The van der Waals surface area contributed by atoms with Gasteiger partial charge in [0.25, 0.3) is 0 Å². The fourth-order valence-electron chi connectivity index (χ4n) is 2.53. The summed E-state index contributed by atoms with van der Waals surface area (Å²) < 4.78 is 10.1. The summed E-state index contributed by atoms with van der Waals surface area (Å²) >= 11 is 0. The molecule has 0 aromatic heterocycles. The first kappa shape index (κ1) is 20.3. The molecule has 0 aliphatic carbocycles. The van der Waals surface area contributed by atoms with Crippen LogP contribution < -0.4 is 9.47 Å². The number of hydrogen-bond donors (Lipinski definition) is 2. The summed E-state index contributed by atoms with van der Waals surface area (Å²) in [6.45, 7) is 1.38. The standard InChI is InChI=1S/C21H26N2O4/c1-26-18-10-6-8-16(20(18)24)14-22-12-4-3-5-13-23-15-17-9-7-11-19(27-2)21(17)25/h6-11,14-15,24-25H,3-5,12-13H2,1-2H3. The van der Waals surface area contributed by atoms with Crippen LogP contribution in [0.2, 0.25) is 0 Å². The lowest BCUT2D eigenvalue weighted by molar-refractivity contribution is 0.373. The zero-order chi connectivity index (χ0) is 19.5. The molecule has 2 aromatic rings. The number of nitrogens with zero attached hydrogens (tertiary/aromatic N) is 2. The van der Waals surface area contributed by atoms with Crippen LogP contribution in [0.25, 0.3) is 0 Å². The number of aromatic hydroxyl groups is 2. The van der Waals surface area contributed by atoms with E-state index in [1.807, 2.05) is 12.1 Å². The van der Waals surface area contributed by atoms with E-state index in [1.165, 1.54) is 14.2 Å². The van der Waals surface area contributed by atoms with Crippen LogP contribution in [0.1, 0.15) is 30.4 Å². The van der Waals surface area contributed by atoms with Gasteiger partial charge < -0.3 is 19.7 Å². The van der Waals surface area contributed by atoms with Gasteiger partial charge in [0, 0.05) is 36.6 Å². The highest BCUT2D eigenvalue weighted by molar-refractivity contribution is 5.85. The van der Waals surface area contributed by atoms with Crippen LogP contribution in [0.4, 0.5) is 0 Å². The second-order valence-electron chi connectivity index (χ2n) is 5.93. The van der Waals surface area contributed by atoms with E-state index in [2.05, 4.69) is 9.98 Å². The quantitative estimate of drug-likeness (QED) is 0.492. The molecule has 0 aliphatic rings. The molecule has 0 amide bonds. The third kappa shape index (κ3) is 6.02. The molecule has 144 valence electrons. The predicted octanol–water partition coefficient (Wildman–Crippen LogP) is 3.82. The van der Waals surface area contributed by atoms with Crippen molar-refractivity contribution < 1.29 is 19.7 Å². The second-order valence-corrected chi connectivity index (χ2v) is 5.93. The maximum absolute atomic E-state index is 9.98. The number of rotatable bonds is 10. The zero-order valence-electron chi connectivity index (χ0n) is 15.8. The molecule has 0 heterocycles. The summed E-state index contributed by atoms with van der Waals surface area (Å²) in [7, 11) is 3.04. The maximum atomic E-state index is 9.98. The fourth-order valence-corrected chi connectivity index (χ4v) is 2.53. The van der Waals surface area contributed by atoms with Gasteiger partial charge in [0.05, 0.1) is 14.2 Å². The minimum absolute atomic E-state index is 0.110. The highest BCUT2D eigenvalue weighted by atomic mass is 16.5. The van der Waals surface area contributed by atoms with Gasteiger partial charge in [-0.3, -0.25) is 9.98 Å². The van der Waals surface area contributed by atoms with Crippen LogP contribution >= 0.6 is 0 Å². The SMILES string of the molecule is COc1cccc(C=NCCCCCN=Cc2cccc(OC)c2O)c1O. The third-order valence-electron chi connectivity index (χ3n) is 4.04. The van der Waals surface area contributed by atoms with E-state index in [1.54, 1.807) is 36.7 Å². The van der Waals surface area contributed by atoms with E-state index in [0.717, 1.165) is 19.3 Å². The van der Waals surface area contributed by atoms with Crippen LogP contribution in [0.3, 0.4) is 0 Å². The molecule has 0 saturated carbocycles. The molecule has 2 aromatic carbocycles. The van der Waals surface area contributed by atoms with Crippen molar-refractivity contribution in [2.24, 2.45) is 9.98 Å². The molecule has 0 saturated heterocycles. The van der Waals surface area contributed by atoms with E-state index in [4.69, 9.17) is 9.47 Å². The Morgan fingerprint density at radius 3 is 1.59 bits per heavy atom. The molecule has 6 heteroatoms. The van der Waals surface area contributed by atoms with Crippen molar-refractivity contribution in [3.05, 3.63) is 47.5 Å². The molecule has 0 radical (unpaired) electrons. The Kier molecular flexibility index (Phi) is 8.16. The zero-order valence-corrected chi connectivity index (χ0v) is 15.8. The van der Waals surface area contributed by atoms with Crippen LogP contribution in [-0.4, -0.2) is 50.0 Å². The Morgan fingerprint density at radius 2 is 1.19 bits per heavy atom. The summed E-state index contributed by atoms with van der Waals surface area (Å²) in [5.74, 6) is 1.11. The lowest BCUT2D eigenvalue weighted by Gasteiger charge is -2.05. The number of aliphatic imine (C=N–C) groups is 2. The van der Waals surface area contributed by atoms with Crippen molar-refractivity contribution >= 4 is 12.4 Å². The van der Waals surface area contributed by atoms with Crippen LogP contribution in [-0.2, 0) is 0 Å². The molecule has 0 fully saturated rings. The van der Waals surface area contributed by atoms with E-state index >= 15 is 0 Å². The summed E-state index contributed by atoms with van der Waals surface area (Å²) in [6, 6.07) is 10.6. The number of para-hydroxylation sites is 2. The van der Waals surface area contributed by atoms with Gasteiger partial charge in [-0.1, -0.05) is 12.1 Å². The number of methoxy groups -OCH3 is 2. The van der Waals surface area contributed by atoms with Gasteiger partial charge in [-0.25, -0.2) is 0 Å². The highest BCUT2D eigenvalue weighted by Crippen LogP contribution is 2.28. The number of benzene rings is 2. The van der Waals surface area contributed by atoms with Crippen molar-refractivity contribution in [3.63, 3.8) is 0 Å². The first-order chi connectivity index (χ1) is 13.2. The molecule has 0 bridgehead atoms. The average molecular weight is 370 g/mol. The minimum atomic E-state index is 0.110. The molecule has 0 unspecified atom stereocenters. The molecule has 0 spiro atoms. The molecule has 0 atom stereocenters. The average Bonchev–Trinajstić information content (AvgIpc) is 2.69. The van der Waals surface area contributed by atoms with E-state index < -0.39 is 0 Å². The molecule has 2 rings (SSSR count). The number of unbranched alkanes of at least 4 members (excludes halogenated alkanes) is 2. The van der Waals surface area contributed by atoms with Crippen LogP contribution in [0.15, 0.2) is 46.4 Å². The van der Waals surface area contributed by atoms with Gasteiger partial charge in [-0.2, -0.15) is 0 Å². The predicted molar refractivity (Wildman–Crippen MR) is 108 cm³/mol. The molecular weight excluding hydrogens is 344 g/mol. The Morgan fingerprint density at radius 1 is 0.741 bits per heavy atom. The van der Waals surface area contributed by atoms with Gasteiger partial charge in [-0.05, 0) is 43.5 Å². The molecule has 0 aliphatic heterocycles. The van der Waals surface area contributed by atoms with Crippen molar-refractivity contribution in [1.82, 2.24) is 0 Å². The van der Waals surface area contributed by atoms with E-state index in [0.29, 0.717) is 35.7 Å². The van der Waals surface area contributed by atoms with Gasteiger partial charge in [-0.15, -0.1) is 0 Å². The molecular formula is C21H26N2O4. The van der Waals surface area contributed by atoms with Gasteiger partial charge in [0.15, 0.2) is 23.0 Å². The van der Waals surface area contributed by atoms with Crippen LogP contribution in [0, 0.1) is 0 Å². The van der Waals surface area contributed by atoms with Gasteiger partial charge >= 0.3 is 0 Å². The first-order valence-corrected chi connectivity index (χ1v) is 8.89. The smallest absolute Gasteiger partial charge is 0.166 e. The Labute approximate surface area is 159 Å². The summed E-state index contributed by atoms with van der Waals surface area (Å²) in [5.41, 5.74) is 1.30. The molecule has 27 heavy (non-hydrogen) atoms. The lowest BCUT2D eigenvalue weighted by atomic mass is 10.2. The second kappa shape index (κ2) is 10.9. The van der Waals surface area contributed by atoms with Gasteiger partial charge in [0.2, 0.25) is 0 Å². The normalized spacial score (nSPS) is 11.3. The van der Waals surface area contributed by atoms with E-state index in [-0.39, 0.29) is 11.5 Å².